The molecule has 0 aromatic rings. The fourth-order valence-corrected chi connectivity index (χ4v) is 10.4. The summed E-state index contributed by atoms with van der Waals surface area (Å²) in [6.07, 6.45) is 78.0. The van der Waals surface area contributed by atoms with Gasteiger partial charge in [-0.2, -0.15) is 0 Å². The van der Waals surface area contributed by atoms with Crippen LogP contribution in [-0.4, -0.2) is 47.4 Å². The number of carbonyl (C=O) groups excluding carboxylic acids is 2. The van der Waals surface area contributed by atoms with E-state index < -0.39 is 12.1 Å². The lowest BCUT2D eigenvalue weighted by molar-refractivity contribution is -0.143. The highest BCUT2D eigenvalue weighted by atomic mass is 16.5. The molecule has 0 aliphatic heterocycles. The summed E-state index contributed by atoms with van der Waals surface area (Å²) < 4.78 is 5.50. The first-order chi connectivity index (χ1) is 36.0. The molecule has 6 nitrogen and oxygen atoms in total. The second kappa shape index (κ2) is 62.9. The van der Waals surface area contributed by atoms with Crippen LogP contribution in [0.15, 0.2) is 24.3 Å². The molecule has 2 atom stereocenters. The van der Waals surface area contributed by atoms with E-state index in [-0.39, 0.29) is 18.5 Å². The second-order valence-electron chi connectivity index (χ2n) is 22.8. The zero-order valence-electron chi connectivity index (χ0n) is 49.4. The van der Waals surface area contributed by atoms with Gasteiger partial charge in [0.1, 0.15) is 0 Å². The molecule has 73 heavy (non-hydrogen) atoms. The van der Waals surface area contributed by atoms with E-state index >= 15 is 0 Å². The molecule has 1 amide bonds. The minimum atomic E-state index is -0.850. The van der Waals surface area contributed by atoms with E-state index in [1.54, 1.807) is 6.08 Å². The second-order valence-corrected chi connectivity index (χ2v) is 22.8. The van der Waals surface area contributed by atoms with Crippen LogP contribution in [0.2, 0.25) is 0 Å². The SMILES string of the molecule is CCCCCCCCCCCCCCCCCCC/C=C/C(O)C(CO)NC(=O)CCCCCCCCC/C=C\CCCCCCCCCCCOC(=O)CCCCCCCCCCCCCCCCCCC. The summed E-state index contributed by atoms with van der Waals surface area (Å²) in [6.45, 7) is 4.93. The molecule has 0 heterocycles. The van der Waals surface area contributed by atoms with Crippen molar-refractivity contribution < 1.29 is 24.5 Å². The Kier molecular flexibility index (Phi) is 61.4. The van der Waals surface area contributed by atoms with Gasteiger partial charge in [-0.3, -0.25) is 9.59 Å². The number of rotatable bonds is 62. The van der Waals surface area contributed by atoms with E-state index in [9.17, 15) is 19.8 Å². The standard InChI is InChI=1S/C67H129NO5/c1-3-5-7-9-11-13-15-17-19-21-24-28-31-35-39-43-47-51-55-59-65(70)64(63-69)68-66(71)60-56-52-48-44-40-36-32-29-25-22-23-26-30-34-38-42-46-50-54-58-62-73-67(72)61-57-53-49-45-41-37-33-27-20-18-16-14-12-10-8-6-4-2/h22,25,55,59,64-65,69-70H,3-21,23-24,26-54,56-58,60-63H2,1-2H3,(H,68,71)/b25-22-,59-55+. The van der Waals surface area contributed by atoms with E-state index in [2.05, 4.69) is 31.3 Å². The van der Waals surface area contributed by atoms with Crippen LogP contribution in [0.1, 0.15) is 367 Å². The van der Waals surface area contributed by atoms with Crippen molar-refractivity contribution in [3.63, 3.8) is 0 Å². The van der Waals surface area contributed by atoms with E-state index in [0.29, 0.717) is 19.4 Å². The van der Waals surface area contributed by atoms with Gasteiger partial charge in [0.05, 0.1) is 25.4 Å². The molecule has 0 aliphatic rings. The highest BCUT2D eigenvalue weighted by molar-refractivity contribution is 5.76. The number of aliphatic hydroxyl groups is 2. The lowest BCUT2D eigenvalue weighted by Crippen LogP contribution is -2.45. The Labute approximate surface area is 456 Å². The van der Waals surface area contributed by atoms with Gasteiger partial charge in [0.2, 0.25) is 5.91 Å². The third kappa shape index (κ3) is 59.4. The quantitative estimate of drug-likeness (QED) is 0.0320. The van der Waals surface area contributed by atoms with Crippen molar-refractivity contribution in [2.24, 2.45) is 0 Å². The molecule has 0 spiro atoms. The maximum atomic E-state index is 12.5. The molecule has 0 saturated carbocycles. The van der Waals surface area contributed by atoms with E-state index in [0.717, 1.165) is 44.9 Å². The number of ether oxygens (including phenoxy) is 1. The molecule has 2 unspecified atom stereocenters. The number of unbranched alkanes of at least 4 members (excludes halogenated alkanes) is 49. The molecule has 432 valence electrons. The van der Waals surface area contributed by atoms with Gasteiger partial charge >= 0.3 is 5.97 Å². The van der Waals surface area contributed by atoms with E-state index in [4.69, 9.17) is 4.74 Å². The van der Waals surface area contributed by atoms with Crippen LogP contribution in [0.3, 0.4) is 0 Å². The third-order valence-corrected chi connectivity index (χ3v) is 15.5. The number of carbonyl (C=O) groups is 2. The first-order valence-corrected chi connectivity index (χ1v) is 33.1. The Morgan fingerprint density at radius 2 is 0.644 bits per heavy atom. The maximum absolute atomic E-state index is 12.5. The normalized spacial score (nSPS) is 12.7. The molecule has 3 N–H and O–H groups in total. The number of hydrogen-bond acceptors (Lipinski definition) is 5. The number of hydrogen-bond donors (Lipinski definition) is 3. The summed E-state index contributed by atoms with van der Waals surface area (Å²) in [7, 11) is 0. The zero-order valence-corrected chi connectivity index (χ0v) is 49.4. The summed E-state index contributed by atoms with van der Waals surface area (Å²) in [5.41, 5.74) is 0. The Morgan fingerprint density at radius 3 is 0.973 bits per heavy atom. The topological polar surface area (TPSA) is 95.9 Å². The van der Waals surface area contributed by atoms with Gasteiger partial charge in [-0.25, -0.2) is 0 Å². The highest BCUT2D eigenvalue weighted by Crippen LogP contribution is 2.18. The van der Waals surface area contributed by atoms with Gasteiger partial charge in [0, 0.05) is 12.8 Å². The van der Waals surface area contributed by atoms with Crippen molar-refractivity contribution in [2.45, 2.75) is 379 Å². The van der Waals surface area contributed by atoms with Gasteiger partial charge in [0.25, 0.3) is 0 Å². The van der Waals surface area contributed by atoms with Crippen molar-refractivity contribution in [1.29, 1.82) is 0 Å². The molecule has 0 fully saturated rings. The third-order valence-electron chi connectivity index (χ3n) is 15.5. The van der Waals surface area contributed by atoms with Crippen molar-refractivity contribution in [3.05, 3.63) is 24.3 Å². The summed E-state index contributed by atoms with van der Waals surface area (Å²) >= 11 is 0. The Morgan fingerprint density at radius 1 is 0.370 bits per heavy atom. The lowest BCUT2D eigenvalue weighted by atomic mass is 10.0. The first kappa shape index (κ1) is 71.3. The van der Waals surface area contributed by atoms with Gasteiger partial charge in [-0.15, -0.1) is 0 Å². The van der Waals surface area contributed by atoms with Gasteiger partial charge < -0.3 is 20.3 Å². The number of allylic oxidation sites excluding steroid dienone is 3. The van der Waals surface area contributed by atoms with Crippen LogP contribution in [0, 0.1) is 0 Å². The summed E-state index contributed by atoms with van der Waals surface area (Å²) in [6, 6.07) is -0.635. The molecule has 0 radical (unpaired) electrons. The number of amides is 1. The Hall–Kier alpha value is -1.66. The van der Waals surface area contributed by atoms with E-state index in [1.165, 1.54) is 295 Å². The summed E-state index contributed by atoms with van der Waals surface area (Å²) in [5, 5.41) is 23.2. The Bertz CT molecular complexity index is 1140. The predicted molar refractivity (Wildman–Crippen MR) is 320 cm³/mol. The first-order valence-electron chi connectivity index (χ1n) is 33.1. The predicted octanol–water partition coefficient (Wildman–Crippen LogP) is 21.0. The average molecular weight is 1030 g/mol. The van der Waals surface area contributed by atoms with E-state index in [1.807, 2.05) is 6.08 Å². The largest absolute Gasteiger partial charge is 0.466 e. The molecule has 0 aromatic heterocycles. The highest BCUT2D eigenvalue weighted by Gasteiger charge is 2.18. The molecule has 6 heteroatoms. The van der Waals surface area contributed by atoms with Crippen LogP contribution < -0.4 is 5.32 Å². The molecule has 0 rings (SSSR count). The van der Waals surface area contributed by atoms with Crippen molar-refractivity contribution in [3.8, 4) is 0 Å². The maximum Gasteiger partial charge on any atom is 0.305 e. The molecular formula is C67H129NO5. The smallest absolute Gasteiger partial charge is 0.305 e. The van der Waals surface area contributed by atoms with Crippen LogP contribution in [0.4, 0.5) is 0 Å². The van der Waals surface area contributed by atoms with Gasteiger partial charge in [0.15, 0.2) is 0 Å². The average Bonchev–Trinajstić information content (AvgIpc) is 3.39. The van der Waals surface area contributed by atoms with Crippen molar-refractivity contribution in [1.82, 2.24) is 5.32 Å². The summed E-state index contributed by atoms with van der Waals surface area (Å²) in [5.74, 6) is -0.0633. The molecule has 0 aromatic carbocycles. The molecule has 0 bridgehead atoms. The van der Waals surface area contributed by atoms with Crippen molar-refractivity contribution >= 4 is 11.9 Å². The fourth-order valence-electron chi connectivity index (χ4n) is 10.4. The lowest BCUT2D eigenvalue weighted by Gasteiger charge is -2.20. The summed E-state index contributed by atoms with van der Waals surface area (Å²) in [4.78, 5) is 24.6. The number of esters is 1. The Balaban J connectivity index is 3.44. The van der Waals surface area contributed by atoms with Crippen LogP contribution >= 0.6 is 0 Å². The van der Waals surface area contributed by atoms with Gasteiger partial charge in [-0.05, 0) is 57.8 Å². The minimum absolute atomic E-state index is 0.0101. The number of nitrogens with one attached hydrogen (secondary N) is 1. The molecular weight excluding hydrogens is 899 g/mol. The fraction of sp³-hybridized carbons (Fsp3) is 0.910. The van der Waals surface area contributed by atoms with Crippen LogP contribution in [-0.2, 0) is 14.3 Å². The monoisotopic (exact) mass is 1030 g/mol. The number of aliphatic hydroxyl groups excluding tert-OH is 2. The minimum Gasteiger partial charge on any atom is -0.466 e. The van der Waals surface area contributed by atoms with Gasteiger partial charge in [-0.1, -0.05) is 321 Å². The van der Waals surface area contributed by atoms with Crippen LogP contribution in [0.25, 0.3) is 0 Å². The van der Waals surface area contributed by atoms with Crippen LogP contribution in [0.5, 0.6) is 0 Å². The zero-order chi connectivity index (χ0) is 52.9. The molecule has 0 saturated heterocycles. The molecule has 0 aliphatic carbocycles. The van der Waals surface area contributed by atoms with Crippen molar-refractivity contribution in [2.75, 3.05) is 13.2 Å².